The first-order chi connectivity index (χ1) is 10.2. The van der Waals surface area contributed by atoms with E-state index in [1.807, 2.05) is 12.1 Å². The summed E-state index contributed by atoms with van der Waals surface area (Å²) in [6.45, 7) is 2.11. The molecule has 0 unspecified atom stereocenters. The summed E-state index contributed by atoms with van der Waals surface area (Å²) < 4.78 is 0. The SMILES string of the molecule is Cc1c(-c2nc3ccncc3[nH]2)c(S)cc2ccccc12. The summed E-state index contributed by atoms with van der Waals surface area (Å²) in [4.78, 5) is 13.1. The molecule has 0 saturated carbocycles. The van der Waals surface area contributed by atoms with E-state index in [-0.39, 0.29) is 0 Å². The molecule has 0 spiro atoms. The highest BCUT2D eigenvalue weighted by Crippen LogP contribution is 2.34. The van der Waals surface area contributed by atoms with Crippen molar-refractivity contribution in [2.75, 3.05) is 0 Å². The lowest BCUT2D eigenvalue weighted by Crippen LogP contribution is -1.90. The minimum atomic E-state index is 0.839. The van der Waals surface area contributed by atoms with Gasteiger partial charge in [0.05, 0.1) is 17.2 Å². The third kappa shape index (κ3) is 1.91. The lowest BCUT2D eigenvalue weighted by molar-refractivity contribution is 1.27. The second-order valence-electron chi connectivity index (χ2n) is 5.10. The van der Waals surface area contributed by atoms with Gasteiger partial charge in [-0.05, 0) is 35.4 Å². The highest BCUT2D eigenvalue weighted by molar-refractivity contribution is 7.80. The number of hydrogen-bond donors (Lipinski definition) is 2. The smallest absolute Gasteiger partial charge is 0.139 e. The number of nitrogens with one attached hydrogen (secondary N) is 1. The number of aryl methyl sites for hydroxylation is 1. The highest BCUT2D eigenvalue weighted by Gasteiger charge is 2.13. The maximum Gasteiger partial charge on any atom is 0.139 e. The van der Waals surface area contributed by atoms with E-state index in [0.717, 1.165) is 27.3 Å². The molecule has 0 atom stereocenters. The Labute approximate surface area is 127 Å². The van der Waals surface area contributed by atoms with Crippen molar-refractivity contribution in [3.63, 3.8) is 0 Å². The zero-order valence-electron chi connectivity index (χ0n) is 11.5. The minimum Gasteiger partial charge on any atom is -0.337 e. The fraction of sp³-hybridized carbons (Fsp3) is 0.0588. The van der Waals surface area contributed by atoms with Crippen molar-refractivity contribution in [1.29, 1.82) is 0 Å². The molecule has 4 rings (SSSR count). The van der Waals surface area contributed by atoms with E-state index in [1.54, 1.807) is 12.4 Å². The maximum atomic E-state index is 4.67. The van der Waals surface area contributed by atoms with Gasteiger partial charge in [0.25, 0.3) is 0 Å². The Hall–Kier alpha value is -2.33. The van der Waals surface area contributed by atoms with Crippen molar-refractivity contribution in [2.24, 2.45) is 0 Å². The molecular weight excluding hydrogens is 278 g/mol. The van der Waals surface area contributed by atoms with Crippen LogP contribution >= 0.6 is 12.6 Å². The van der Waals surface area contributed by atoms with Crippen molar-refractivity contribution >= 4 is 34.4 Å². The van der Waals surface area contributed by atoms with Crippen molar-refractivity contribution in [3.8, 4) is 11.4 Å². The maximum absolute atomic E-state index is 4.67. The lowest BCUT2D eigenvalue weighted by atomic mass is 9.99. The summed E-state index contributed by atoms with van der Waals surface area (Å²) in [5.74, 6) is 0.839. The Morgan fingerprint density at radius 1 is 1.14 bits per heavy atom. The predicted molar refractivity (Wildman–Crippen MR) is 88.8 cm³/mol. The molecule has 0 amide bonds. The van der Waals surface area contributed by atoms with Crippen LogP contribution < -0.4 is 0 Å². The van der Waals surface area contributed by atoms with Gasteiger partial charge in [-0.25, -0.2) is 4.98 Å². The minimum absolute atomic E-state index is 0.839. The van der Waals surface area contributed by atoms with E-state index in [0.29, 0.717) is 0 Å². The molecule has 4 aromatic rings. The molecular formula is C17H13N3S. The average Bonchev–Trinajstić information content (AvgIpc) is 2.90. The molecule has 4 heteroatoms. The molecule has 2 aromatic carbocycles. The Morgan fingerprint density at radius 2 is 2.00 bits per heavy atom. The van der Waals surface area contributed by atoms with E-state index in [2.05, 4.69) is 58.8 Å². The van der Waals surface area contributed by atoms with Crippen LogP contribution in [-0.2, 0) is 0 Å². The van der Waals surface area contributed by atoms with E-state index in [4.69, 9.17) is 0 Å². The third-order valence-electron chi connectivity index (χ3n) is 3.81. The van der Waals surface area contributed by atoms with Gasteiger partial charge in [-0.3, -0.25) is 4.98 Å². The molecule has 0 aliphatic heterocycles. The fourth-order valence-corrected chi connectivity index (χ4v) is 3.20. The van der Waals surface area contributed by atoms with Gasteiger partial charge in [0.15, 0.2) is 0 Å². The molecule has 0 radical (unpaired) electrons. The van der Waals surface area contributed by atoms with Crippen LogP contribution in [0.3, 0.4) is 0 Å². The third-order valence-corrected chi connectivity index (χ3v) is 4.16. The van der Waals surface area contributed by atoms with Crippen LogP contribution in [0.5, 0.6) is 0 Å². The van der Waals surface area contributed by atoms with Crippen LogP contribution in [0.25, 0.3) is 33.2 Å². The standard InChI is InChI=1S/C17H13N3S/c1-10-12-5-3-2-4-11(12)8-15(21)16(10)17-19-13-6-7-18-9-14(13)20-17/h2-9,21H,1H3,(H,19,20). The Bertz CT molecular complexity index is 939. The zero-order valence-corrected chi connectivity index (χ0v) is 12.4. The molecule has 0 aliphatic carbocycles. The van der Waals surface area contributed by atoms with Gasteiger partial charge in [-0.15, -0.1) is 12.6 Å². The van der Waals surface area contributed by atoms with Crippen LogP contribution in [0.2, 0.25) is 0 Å². The summed E-state index contributed by atoms with van der Waals surface area (Å²) in [5, 5.41) is 2.42. The zero-order chi connectivity index (χ0) is 14.4. The number of thiol groups is 1. The van der Waals surface area contributed by atoms with E-state index in [1.165, 1.54) is 16.3 Å². The van der Waals surface area contributed by atoms with Crippen LogP contribution in [0.4, 0.5) is 0 Å². The number of nitrogens with zero attached hydrogens (tertiary/aromatic N) is 2. The molecule has 3 nitrogen and oxygen atoms in total. The normalized spacial score (nSPS) is 11.3. The second kappa shape index (κ2) is 4.60. The van der Waals surface area contributed by atoms with E-state index in [9.17, 15) is 0 Å². The molecule has 0 fully saturated rings. The number of fused-ring (bicyclic) bond motifs is 2. The molecule has 0 saturated heterocycles. The number of aromatic amines is 1. The quantitative estimate of drug-likeness (QED) is 0.511. The van der Waals surface area contributed by atoms with Gasteiger partial charge >= 0.3 is 0 Å². The molecule has 21 heavy (non-hydrogen) atoms. The number of H-pyrrole nitrogens is 1. The molecule has 102 valence electrons. The van der Waals surface area contributed by atoms with E-state index >= 15 is 0 Å². The van der Waals surface area contributed by atoms with Gasteiger partial charge in [-0.1, -0.05) is 24.3 Å². The van der Waals surface area contributed by atoms with E-state index < -0.39 is 0 Å². The van der Waals surface area contributed by atoms with Gasteiger partial charge < -0.3 is 4.98 Å². The predicted octanol–water partition coefficient (Wildman–Crippen LogP) is 4.38. The molecule has 2 heterocycles. The second-order valence-corrected chi connectivity index (χ2v) is 5.58. The Morgan fingerprint density at radius 3 is 2.86 bits per heavy atom. The first-order valence-electron chi connectivity index (χ1n) is 6.75. The topological polar surface area (TPSA) is 41.6 Å². The van der Waals surface area contributed by atoms with Crippen LogP contribution in [0, 0.1) is 6.92 Å². The summed E-state index contributed by atoms with van der Waals surface area (Å²) in [6, 6.07) is 12.3. The highest BCUT2D eigenvalue weighted by atomic mass is 32.1. The molecule has 2 aromatic heterocycles. The number of aromatic nitrogens is 3. The molecule has 1 N–H and O–H groups in total. The average molecular weight is 291 g/mol. The van der Waals surface area contributed by atoms with Crippen molar-refractivity contribution < 1.29 is 0 Å². The number of rotatable bonds is 1. The summed E-state index contributed by atoms with van der Waals surface area (Å²) in [5.41, 5.74) is 4.09. The number of pyridine rings is 1. The Balaban J connectivity index is 2.05. The van der Waals surface area contributed by atoms with Crippen molar-refractivity contribution in [1.82, 2.24) is 15.0 Å². The summed E-state index contributed by atoms with van der Waals surface area (Å²) in [7, 11) is 0. The van der Waals surface area contributed by atoms with Gasteiger partial charge in [-0.2, -0.15) is 0 Å². The number of hydrogen-bond acceptors (Lipinski definition) is 3. The van der Waals surface area contributed by atoms with Crippen molar-refractivity contribution in [3.05, 3.63) is 54.4 Å². The lowest BCUT2D eigenvalue weighted by Gasteiger charge is -2.10. The van der Waals surface area contributed by atoms with Crippen LogP contribution in [-0.4, -0.2) is 15.0 Å². The van der Waals surface area contributed by atoms with Crippen LogP contribution in [0.15, 0.2) is 53.7 Å². The largest absolute Gasteiger partial charge is 0.337 e. The van der Waals surface area contributed by atoms with Gasteiger partial charge in [0.2, 0.25) is 0 Å². The molecule has 0 bridgehead atoms. The molecule has 0 aliphatic rings. The summed E-state index contributed by atoms with van der Waals surface area (Å²) >= 11 is 4.66. The summed E-state index contributed by atoms with van der Waals surface area (Å²) in [6.07, 6.45) is 3.54. The van der Waals surface area contributed by atoms with Gasteiger partial charge in [0, 0.05) is 16.7 Å². The Kier molecular flexibility index (Phi) is 2.72. The van der Waals surface area contributed by atoms with Crippen molar-refractivity contribution in [2.45, 2.75) is 11.8 Å². The first-order valence-corrected chi connectivity index (χ1v) is 7.20. The number of imidazole rings is 1. The fourth-order valence-electron chi connectivity index (χ4n) is 2.78. The first kappa shape index (κ1) is 12.4. The van der Waals surface area contributed by atoms with Crippen LogP contribution in [0.1, 0.15) is 5.56 Å². The van der Waals surface area contributed by atoms with Gasteiger partial charge in [0.1, 0.15) is 5.82 Å². The monoisotopic (exact) mass is 291 g/mol. The number of benzene rings is 2.